The minimum absolute atomic E-state index is 0.160. The number of rotatable bonds is 9. The molecule has 0 radical (unpaired) electrons. The van der Waals surface area contributed by atoms with Crippen LogP contribution in [0.15, 0.2) is 36.5 Å². The molecule has 0 bridgehead atoms. The molecule has 1 aromatic carbocycles. The monoisotopic (exact) mass is 528 g/mol. The number of aromatic nitrogens is 4. The summed E-state index contributed by atoms with van der Waals surface area (Å²) in [6, 6.07) is 10.4. The molecule has 9 nitrogen and oxygen atoms in total. The number of fused-ring (bicyclic) bond motifs is 2. The van der Waals surface area contributed by atoms with Gasteiger partial charge in [0.15, 0.2) is 0 Å². The van der Waals surface area contributed by atoms with E-state index in [0.29, 0.717) is 17.4 Å². The number of hydrogen-bond donors (Lipinski definition) is 3. The van der Waals surface area contributed by atoms with Crippen LogP contribution in [-0.4, -0.2) is 81.8 Å². The van der Waals surface area contributed by atoms with Crippen LogP contribution < -0.4 is 10.6 Å². The topological polar surface area (TPSA) is 94.1 Å². The maximum Gasteiger partial charge on any atom is 0.256 e. The minimum atomic E-state index is -0.160. The van der Waals surface area contributed by atoms with E-state index in [4.69, 9.17) is 5.10 Å². The van der Waals surface area contributed by atoms with E-state index in [-0.39, 0.29) is 5.91 Å². The van der Waals surface area contributed by atoms with Gasteiger partial charge in [-0.25, -0.2) is 4.98 Å². The number of aryl methyl sites for hydroxylation is 2. The number of anilines is 1. The molecule has 206 valence electrons. The molecule has 0 unspecified atom stereocenters. The molecule has 5 heterocycles. The van der Waals surface area contributed by atoms with Crippen LogP contribution in [0.2, 0.25) is 0 Å². The summed E-state index contributed by atoms with van der Waals surface area (Å²) in [6.07, 6.45) is 7.69. The molecule has 2 aliphatic rings. The highest BCUT2D eigenvalue weighted by atomic mass is 16.1. The SMILES string of the molecule is Cc1nn(CCCCCN2CCNCC2)c2cc(C(=O)Nc3cc4[nH]c([C@H]5CCCN5C)cc4cn3)ccc12. The van der Waals surface area contributed by atoms with Gasteiger partial charge >= 0.3 is 0 Å². The number of carbonyl (C=O) groups is 1. The predicted molar refractivity (Wildman–Crippen MR) is 156 cm³/mol. The van der Waals surface area contributed by atoms with Crippen molar-refractivity contribution in [1.82, 2.24) is 34.9 Å². The Morgan fingerprint density at radius 1 is 1.08 bits per heavy atom. The summed E-state index contributed by atoms with van der Waals surface area (Å²) in [5.74, 6) is 0.391. The van der Waals surface area contributed by atoms with Crippen LogP contribution in [0.4, 0.5) is 5.82 Å². The Labute approximate surface area is 229 Å². The molecule has 0 spiro atoms. The van der Waals surface area contributed by atoms with Crippen LogP contribution in [0, 0.1) is 6.92 Å². The number of likely N-dealkylation sites (tertiary alicyclic amines) is 1. The van der Waals surface area contributed by atoms with Crippen molar-refractivity contribution in [2.24, 2.45) is 0 Å². The highest BCUT2D eigenvalue weighted by molar-refractivity contribution is 6.06. The van der Waals surface area contributed by atoms with Crippen molar-refractivity contribution in [2.45, 2.75) is 51.6 Å². The van der Waals surface area contributed by atoms with Gasteiger partial charge in [-0.2, -0.15) is 5.10 Å². The Bertz CT molecular complexity index is 1450. The number of hydrogen-bond acceptors (Lipinski definition) is 6. The average Bonchev–Trinajstić information content (AvgIpc) is 3.65. The maximum atomic E-state index is 13.2. The number of benzene rings is 1. The van der Waals surface area contributed by atoms with Gasteiger partial charge in [0.2, 0.25) is 0 Å². The molecule has 6 rings (SSSR count). The van der Waals surface area contributed by atoms with Crippen molar-refractivity contribution in [1.29, 1.82) is 0 Å². The van der Waals surface area contributed by atoms with Crippen LogP contribution in [0.3, 0.4) is 0 Å². The van der Waals surface area contributed by atoms with Gasteiger partial charge in [0.1, 0.15) is 5.82 Å². The number of carbonyl (C=O) groups excluding carboxylic acids is 1. The second-order valence-corrected chi connectivity index (χ2v) is 11.2. The molecule has 1 atom stereocenters. The lowest BCUT2D eigenvalue weighted by Gasteiger charge is -2.27. The standard InChI is InChI=1S/C30H40N8O/c1-21-24-9-8-22(18-28(24)38(35-21)14-5-3-4-13-37-15-10-31-11-16-37)30(39)34-29-19-25-23(20-32-29)17-26(33-25)27-7-6-12-36(27)2/h8-9,17-20,27,31,33H,3-7,10-16H2,1-2H3,(H,32,34,39)/t27-/m1/s1. The third-order valence-electron chi connectivity index (χ3n) is 8.40. The minimum Gasteiger partial charge on any atom is -0.357 e. The van der Waals surface area contributed by atoms with Gasteiger partial charge in [0, 0.05) is 73.1 Å². The van der Waals surface area contributed by atoms with E-state index >= 15 is 0 Å². The Morgan fingerprint density at radius 3 is 2.74 bits per heavy atom. The first-order valence-electron chi connectivity index (χ1n) is 14.5. The van der Waals surface area contributed by atoms with Crippen molar-refractivity contribution in [3.63, 3.8) is 0 Å². The van der Waals surface area contributed by atoms with Crippen molar-refractivity contribution in [3.05, 3.63) is 53.5 Å². The number of amides is 1. The highest BCUT2D eigenvalue weighted by Gasteiger charge is 2.24. The normalized spacial score (nSPS) is 18.9. The fourth-order valence-electron chi connectivity index (χ4n) is 6.15. The van der Waals surface area contributed by atoms with Gasteiger partial charge in [0.25, 0.3) is 5.91 Å². The van der Waals surface area contributed by atoms with Crippen molar-refractivity contribution >= 4 is 33.5 Å². The van der Waals surface area contributed by atoms with Crippen LogP contribution in [0.5, 0.6) is 0 Å². The molecule has 1 amide bonds. The van der Waals surface area contributed by atoms with E-state index in [1.165, 1.54) is 31.5 Å². The molecule has 9 heteroatoms. The van der Waals surface area contributed by atoms with E-state index in [1.807, 2.05) is 37.4 Å². The zero-order chi connectivity index (χ0) is 26.8. The molecule has 39 heavy (non-hydrogen) atoms. The summed E-state index contributed by atoms with van der Waals surface area (Å²) >= 11 is 0. The summed E-state index contributed by atoms with van der Waals surface area (Å²) in [6.45, 7) is 9.71. The predicted octanol–water partition coefficient (Wildman–Crippen LogP) is 4.32. The largest absolute Gasteiger partial charge is 0.357 e. The number of pyridine rings is 1. The van der Waals surface area contributed by atoms with Gasteiger partial charge < -0.3 is 20.5 Å². The second kappa shape index (κ2) is 11.5. The third kappa shape index (κ3) is 5.71. The molecule has 4 aromatic rings. The van der Waals surface area contributed by atoms with E-state index < -0.39 is 0 Å². The molecular weight excluding hydrogens is 488 g/mol. The van der Waals surface area contributed by atoms with Gasteiger partial charge in [-0.15, -0.1) is 0 Å². The van der Waals surface area contributed by atoms with Crippen LogP contribution >= 0.6 is 0 Å². The molecule has 2 saturated heterocycles. The first-order valence-corrected chi connectivity index (χ1v) is 14.5. The molecule has 3 aromatic heterocycles. The Kier molecular flexibility index (Phi) is 7.63. The summed E-state index contributed by atoms with van der Waals surface area (Å²) in [5, 5.41) is 13.4. The number of aromatic amines is 1. The first kappa shape index (κ1) is 26.0. The smallest absolute Gasteiger partial charge is 0.256 e. The fraction of sp³-hybridized carbons (Fsp3) is 0.500. The van der Waals surface area contributed by atoms with Gasteiger partial charge in [-0.3, -0.25) is 14.4 Å². The van der Waals surface area contributed by atoms with Gasteiger partial charge in [-0.05, 0) is 70.9 Å². The molecule has 3 N–H and O–H groups in total. The lowest BCUT2D eigenvalue weighted by atomic mass is 10.1. The van der Waals surface area contributed by atoms with Crippen LogP contribution in [0.1, 0.15) is 59.9 Å². The van der Waals surface area contributed by atoms with E-state index in [0.717, 1.165) is 79.6 Å². The quantitative estimate of drug-likeness (QED) is 0.280. The van der Waals surface area contributed by atoms with Crippen LogP contribution in [-0.2, 0) is 6.54 Å². The lowest BCUT2D eigenvalue weighted by molar-refractivity contribution is 0.102. The third-order valence-corrected chi connectivity index (χ3v) is 8.40. The average molecular weight is 529 g/mol. The first-order chi connectivity index (χ1) is 19.0. The summed E-state index contributed by atoms with van der Waals surface area (Å²) < 4.78 is 2.07. The number of nitrogens with zero attached hydrogens (tertiary/aromatic N) is 5. The zero-order valence-electron chi connectivity index (χ0n) is 23.2. The number of piperazine rings is 1. The highest BCUT2D eigenvalue weighted by Crippen LogP contribution is 2.32. The van der Waals surface area contributed by atoms with Crippen molar-refractivity contribution in [3.8, 4) is 0 Å². The second-order valence-electron chi connectivity index (χ2n) is 11.2. The molecule has 2 aliphatic heterocycles. The number of nitrogens with one attached hydrogen (secondary N) is 3. The van der Waals surface area contributed by atoms with E-state index in [9.17, 15) is 4.79 Å². The number of unbranched alkanes of at least 4 members (excludes halogenated alkanes) is 2. The molecule has 2 fully saturated rings. The summed E-state index contributed by atoms with van der Waals surface area (Å²) in [4.78, 5) is 26.2. The fourth-order valence-corrected chi connectivity index (χ4v) is 6.15. The van der Waals surface area contributed by atoms with E-state index in [1.54, 1.807) is 0 Å². The molecule has 0 saturated carbocycles. The molecular formula is C30H40N8O. The van der Waals surface area contributed by atoms with E-state index in [2.05, 4.69) is 48.2 Å². The van der Waals surface area contributed by atoms with Crippen molar-refractivity contribution in [2.75, 3.05) is 51.6 Å². The molecule has 0 aliphatic carbocycles. The van der Waals surface area contributed by atoms with Gasteiger partial charge in [-0.1, -0.05) is 12.5 Å². The van der Waals surface area contributed by atoms with Crippen LogP contribution in [0.25, 0.3) is 21.8 Å². The lowest BCUT2D eigenvalue weighted by Crippen LogP contribution is -2.43. The van der Waals surface area contributed by atoms with Crippen molar-refractivity contribution < 1.29 is 4.79 Å². The zero-order valence-corrected chi connectivity index (χ0v) is 23.2. The maximum absolute atomic E-state index is 13.2. The Hall–Kier alpha value is -3.27. The summed E-state index contributed by atoms with van der Waals surface area (Å²) in [7, 11) is 2.17. The summed E-state index contributed by atoms with van der Waals surface area (Å²) in [5.41, 5.74) is 4.84. The van der Waals surface area contributed by atoms with Gasteiger partial charge in [0.05, 0.1) is 16.7 Å². The Morgan fingerprint density at radius 2 is 1.92 bits per heavy atom. The Balaban J connectivity index is 1.10. The number of H-pyrrole nitrogens is 1.